The lowest BCUT2D eigenvalue weighted by atomic mass is 9.87. The molecule has 1 unspecified atom stereocenters. The quantitative estimate of drug-likeness (QED) is 0.601. The number of alkyl halides is 1. The number of aromatic nitrogens is 1. The van der Waals surface area contributed by atoms with E-state index in [9.17, 15) is 0 Å². The van der Waals surface area contributed by atoms with Crippen LogP contribution in [0, 0.1) is 0 Å². The second-order valence-corrected chi connectivity index (χ2v) is 7.05. The van der Waals surface area contributed by atoms with Crippen molar-refractivity contribution in [3.8, 4) is 11.3 Å². The molecule has 1 aliphatic rings. The molecule has 4 rings (SSSR count). The van der Waals surface area contributed by atoms with Gasteiger partial charge >= 0.3 is 0 Å². The Kier molecular flexibility index (Phi) is 3.93. The Morgan fingerprint density at radius 3 is 2.77 bits per heavy atom. The third-order valence-electron chi connectivity index (χ3n) is 4.39. The second kappa shape index (κ2) is 6.04. The van der Waals surface area contributed by atoms with E-state index in [1.54, 1.807) is 30.4 Å². The number of rotatable bonds is 2. The van der Waals surface area contributed by atoms with Crippen molar-refractivity contribution in [3.63, 3.8) is 0 Å². The van der Waals surface area contributed by atoms with Crippen LogP contribution in [0.4, 0.5) is 16.0 Å². The molecule has 1 aromatic carbocycles. The highest BCUT2D eigenvalue weighted by Crippen LogP contribution is 2.46. The number of hydrogen-bond acceptors (Lipinski definition) is 4. The van der Waals surface area contributed by atoms with Crippen LogP contribution in [0.2, 0.25) is 5.02 Å². The molecule has 0 radical (unpaired) electrons. The van der Waals surface area contributed by atoms with Gasteiger partial charge in [0.15, 0.2) is 11.3 Å². The molecule has 4 N–H and O–H groups in total. The number of nitrogen functional groups attached to an aromatic ring is 2. The topological polar surface area (TPSA) is 78.1 Å². The van der Waals surface area contributed by atoms with Gasteiger partial charge in [-0.1, -0.05) is 41.4 Å². The summed E-state index contributed by atoms with van der Waals surface area (Å²) in [4.78, 5) is 4.42. The highest BCUT2D eigenvalue weighted by Gasteiger charge is 2.36. The van der Waals surface area contributed by atoms with Crippen molar-refractivity contribution in [2.24, 2.45) is 0 Å². The van der Waals surface area contributed by atoms with Gasteiger partial charge in [-0.15, -0.1) is 0 Å². The van der Waals surface area contributed by atoms with E-state index >= 15 is 4.39 Å². The van der Waals surface area contributed by atoms with E-state index in [-0.39, 0.29) is 23.6 Å². The van der Waals surface area contributed by atoms with E-state index in [4.69, 9.17) is 39.1 Å². The molecule has 2 aromatic heterocycles. The number of nitrogens with zero attached hydrogens (tertiary/aromatic N) is 1. The Hall–Kier alpha value is -2.50. The molecular formula is C19H14Cl2FN3O. The number of allylic oxidation sites excluding steroid dienone is 4. The number of anilines is 2. The fourth-order valence-corrected chi connectivity index (χ4v) is 3.62. The molecule has 0 spiro atoms. The zero-order valence-electron chi connectivity index (χ0n) is 13.5. The van der Waals surface area contributed by atoms with Gasteiger partial charge in [0.05, 0.1) is 5.39 Å². The smallest absolute Gasteiger partial charge is 0.214 e. The van der Waals surface area contributed by atoms with Crippen LogP contribution in [0.25, 0.3) is 22.2 Å². The number of hydrogen-bond donors (Lipinski definition) is 2. The van der Waals surface area contributed by atoms with E-state index in [2.05, 4.69) is 4.98 Å². The summed E-state index contributed by atoms with van der Waals surface area (Å²) in [7, 11) is 0. The minimum atomic E-state index is -1.85. The van der Waals surface area contributed by atoms with Crippen molar-refractivity contribution < 1.29 is 8.81 Å². The molecule has 0 saturated carbocycles. The van der Waals surface area contributed by atoms with Crippen molar-refractivity contribution in [3.05, 3.63) is 64.3 Å². The Balaban J connectivity index is 2.00. The van der Waals surface area contributed by atoms with Crippen LogP contribution in [-0.4, -0.2) is 4.98 Å². The van der Waals surface area contributed by atoms with Crippen LogP contribution in [0.5, 0.6) is 0 Å². The van der Waals surface area contributed by atoms with Gasteiger partial charge in [0.25, 0.3) is 0 Å². The normalized spacial score (nSPS) is 19.7. The molecule has 4 nitrogen and oxygen atoms in total. The highest BCUT2D eigenvalue weighted by molar-refractivity contribution is 6.31. The Labute approximate surface area is 158 Å². The van der Waals surface area contributed by atoms with Gasteiger partial charge in [0, 0.05) is 33.8 Å². The fraction of sp³-hybridized carbons (Fsp3) is 0.105. The maximum atomic E-state index is 15.7. The second-order valence-electron chi connectivity index (χ2n) is 6.13. The summed E-state index contributed by atoms with van der Waals surface area (Å²) in [5, 5.41) is 1.34. The van der Waals surface area contributed by atoms with Crippen LogP contribution in [-0.2, 0) is 5.67 Å². The molecule has 0 saturated heterocycles. The minimum Gasteiger partial charge on any atom is -0.436 e. The molecule has 1 aliphatic carbocycles. The molecule has 2 heterocycles. The molecular weight excluding hydrogens is 376 g/mol. The third-order valence-corrected chi connectivity index (χ3v) is 4.89. The first kappa shape index (κ1) is 16.9. The monoisotopic (exact) mass is 389 g/mol. The van der Waals surface area contributed by atoms with Gasteiger partial charge in [-0.3, -0.25) is 4.98 Å². The molecule has 1 atom stereocenters. The summed E-state index contributed by atoms with van der Waals surface area (Å²) in [5.74, 6) is 0.0163. The Morgan fingerprint density at radius 2 is 2.04 bits per heavy atom. The molecule has 26 heavy (non-hydrogen) atoms. The van der Waals surface area contributed by atoms with Crippen LogP contribution in [0.15, 0.2) is 58.1 Å². The van der Waals surface area contributed by atoms with E-state index in [1.807, 2.05) is 6.07 Å². The molecule has 7 heteroatoms. The van der Waals surface area contributed by atoms with Gasteiger partial charge in [0.1, 0.15) is 11.4 Å². The summed E-state index contributed by atoms with van der Waals surface area (Å²) in [6.07, 6.45) is 6.09. The first-order valence-electron chi connectivity index (χ1n) is 7.85. The summed E-state index contributed by atoms with van der Waals surface area (Å²) in [6.45, 7) is 0. The van der Waals surface area contributed by atoms with Crippen LogP contribution in [0.1, 0.15) is 12.0 Å². The maximum absolute atomic E-state index is 15.7. The van der Waals surface area contributed by atoms with E-state index < -0.39 is 5.67 Å². The molecule has 132 valence electrons. The molecule has 0 fully saturated rings. The molecule has 0 amide bonds. The predicted octanol–water partition coefficient (Wildman–Crippen LogP) is 5.56. The van der Waals surface area contributed by atoms with Crippen molar-refractivity contribution in [1.29, 1.82) is 0 Å². The number of furan rings is 1. The van der Waals surface area contributed by atoms with Crippen molar-refractivity contribution in [2.75, 3.05) is 11.5 Å². The van der Waals surface area contributed by atoms with E-state index in [0.29, 0.717) is 32.3 Å². The highest BCUT2D eigenvalue weighted by atomic mass is 35.5. The third kappa shape index (κ3) is 2.64. The zero-order valence-corrected chi connectivity index (χ0v) is 15.0. The van der Waals surface area contributed by atoms with Crippen molar-refractivity contribution >= 4 is 45.7 Å². The van der Waals surface area contributed by atoms with Gasteiger partial charge in [-0.2, -0.15) is 0 Å². The lowest BCUT2D eigenvalue weighted by Crippen LogP contribution is -2.20. The Bertz CT molecular complexity index is 1090. The van der Waals surface area contributed by atoms with Crippen LogP contribution < -0.4 is 11.5 Å². The summed E-state index contributed by atoms with van der Waals surface area (Å²) >= 11 is 12.1. The van der Waals surface area contributed by atoms with Gasteiger partial charge in [0.2, 0.25) is 5.88 Å². The van der Waals surface area contributed by atoms with Gasteiger partial charge in [-0.05, 0) is 24.3 Å². The molecule has 3 aromatic rings. The fourth-order valence-electron chi connectivity index (χ4n) is 3.16. The number of nitrogens with two attached hydrogens (primary N) is 2. The first-order chi connectivity index (χ1) is 12.4. The summed E-state index contributed by atoms with van der Waals surface area (Å²) < 4.78 is 21.3. The number of benzene rings is 1. The largest absolute Gasteiger partial charge is 0.436 e. The SMILES string of the molecule is Nc1oc2c(-c3cccc(Cl)c3)ncc(C3(F)C=CC=C(Cl)C3)c2c1N. The standard InChI is InChI=1S/C19H14Cl2FN3O/c20-11-4-1-3-10(7-11)16-17-14(15(23)18(24)26-17)13(9-25-16)19(22)6-2-5-12(21)8-19/h1-7,9H,8,23-24H2. The summed E-state index contributed by atoms with van der Waals surface area (Å²) in [5.41, 5.74) is 12.1. The zero-order chi connectivity index (χ0) is 18.5. The number of fused-ring (bicyclic) bond motifs is 1. The lowest BCUT2D eigenvalue weighted by molar-refractivity contribution is 0.235. The number of halogens is 3. The van der Waals surface area contributed by atoms with E-state index in [0.717, 1.165) is 0 Å². The molecule has 0 aliphatic heterocycles. The number of pyridine rings is 1. The summed E-state index contributed by atoms with van der Waals surface area (Å²) in [6, 6.07) is 7.11. The molecule has 0 bridgehead atoms. The Morgan fingerprint density at radius 1 is 1.23 bits per heavy atom. The predicted molar refractivity (Wildman–Crippen MR) is 104 cm³/mol. The lowest BCUT2D eigenvalue weighted by Gasteiger charge is -2.25. The maximum Gasteiger partial charge on any atom is 0.214 e. The van der Waals surface area contributed by atoms with Crippen molar-refractivity contribution in [1.82, 2.24) is 4.98 Å². The van der Waals surface area contributed by atoms with Gasteiger partial charge in [-0.25, -0.2) is 4.39 Å². The average Bonchev–Trinajstić information content (AvgIpc) is 2.89. The van der Waals surface area contributed by atoms with Crippen LogP contribution in [0.3, 0.4) is 0 Å². The van der Waals surface area contributed by atoms with Crippen LogP contribution >= 0.6 is 23.2 Å². The van der Waals surface area contributed by atoms with Gasteiger partial charge < -0.3 is 15.9 Å². The minimum absolute atomic E-state index is 0.0110. The van der Waals surface area contributed by atoms with E-state index in [1.165, 1.54) is 12.3 Å². The first-order valence-corrected chi connectivity index (χ1v) is 8.60. The average molecular weight is 390 g/mol. The van der Waals surface area contributed by atoms with Crippen molar-refractivity contribution in [2.45, 2.75) is 12.1 Å².